The Morgan fingerprint density at radius 1 is 1.10 bits per heavy atom. The third-order valence-electron chi connectivity index (χ3n) is 6.16. The van der Waals surface area contributed by atoms with Crippen molar-refractivity contribution in [3.8, 4) is 0 Å². The van der Waals surface area contributed by atoms with E-state index in [1.165, 1.54) is 24.1 Å². The first-order chi connectivity index (χ1) is 14.1. The van der Waals surface area contributed by atoms with Gasteiger partial charge in [-0.2, -0.15) is 0 Å². The van der Waals surface area contributed by atoms with Crippen molar-refractivity contribution in [2.24, 2.45) is 16.8 Å². The van der Waals surface area contributed by atoms with Crippen LogP contribution in [0.1, 0.15) is 45.1 Å². The summed E-state index contributed by atoms with van der Waals surface area (Å²) in [5.41, 5.74) is 2.58. The highest BCUT2D eigenvalue weighted by molar-refractivity contribution is 14.0. The van der Waals surface area contributed by atoms with E-state index in [1.807, 2.05) is 14.0 Å². The molecule has 0 aromatic heterocycles. The summed E-state index contributed by atoms with van der Waals surface area (Å²) in [7, 11) is 1.82. The average molecular weight is 528 g/mol. The number of carbonyl (C=O) groups is 1. The molecule has 30 heavy (non-hydrogen) atoms. The van der Waals surface area contributed by atoms with E-state index in [9.17, 15) is 4.79 Å². The first kappa shape index (κ1) is 24.8. The van der Waals surface area contributed by atoms with Crippen molar-refractivity contribution < 1.29 is 9.53 Å². The first-order valence-corrected chi connectivity index (χ1v) is 11.1. The van der Waals surface area contributed by atoms with Gasteiger partial charge in [-0.1, -0.05) is 19.1 Å². The Kier molecular flexibility index (Phi) is 10.2. The Balaban J connectivity index is 0.00000320. The molecule has 2 aliphatic heterocycles. The molecule has 2 fully saturated rings. The molecule has 2 heterocycles. The number of rotatable bonds is 5. The molecule has 6 nitrogen and oxygen atoms in total. The number of piperidine rings is 2. The minimum absolute atomic E-state index is 0. The summed E-state index contributed by atoms with van der Waals surface area (Å²) in [6.07, 6.45) is 4.21. The molecule has 1 aromatic rings. The topological polar surface area (TPSA) is 57.2 Å². The van der Waals surface area contributed by atoms with Gasteiger partial charge < -0.3 is 19.9 Å². The average Bonchev–Trinajstić information content (AvgIpc) is 2.76. The lowest BCUT2D eigenvalue weighted by atomic mass is 9.97. The lowest BCUT2D eigenvalue weighted by molar-refractivity contribution is -0.149. The van der Waals surface area contributed by atoms with Crippen molar-refractivity contribution >= 4 is 41.6 Å². The monoisotopic (exact) mass is 528 g/mol. The van der Waals surface area contributed by atoms with E-state index in [1.54, 1.807) is 0 Å². The van der Waals surface area contributed by atoms with Gasteiger partial charge in [-0.05, 0) is 56.2 Å². The van der Waals surface area contributed by atoms with Crippen LogP contribution in [0.15, 0.2) is 29.3 Å². The molecule has 0 aliphatic carbocycles. The number of nitrogens with zero attached hydrogens (tertiary/aromatic N) is 3. The number of guanidine groups is 1. The van der Waals surface area contributed by atoms with Crippen LogP contribution in [0.2, 0.25) is 0 Å². The SMILES string of the molecule is CCOC(=O)C1CCN(C(=NC)NCc2ccc(N3CCC(C)CC3)cc2)CC1.I. The zero-order valence-corrected chi connectivity index (χ0v) is 20.9. The standard InChI is InChI=1S/C23H36N4O2.HI/c1-4-29-22(28)20-11-15-27(16-12-20)23(24-3)25-17-19-5-7-21(8-6-19)26-13-9-18(2)10-14-26;/h5-8,18,20H,4,9-17H2,1-3H3,(H,24,25);1H. The molecular weight excluding hydrogens is 491 g/mol. The zero-order valence-electron chi connectivity index (χ0n) is 18.6. The second-order valence-corrected chi connectivity index (χ2v) is 8.25. The van der Waals surface area contributed by atoms with Gasteiger partial charge >= 0.3 is 5.97 Å². The molecular formula is C23H37IN4O2. The van der Waals surface area contributed by atoms with Crippen LogP contribution in [-0.2, 0) is 16.1 Å². The Bertz CT molecular complexity index is 679. The van der Waals surface area contributed by atoms with Crippen molar-refractivity contribution in [1.82, 2.24) is 10.2 Å². The zero-order chi connectivity index (χ0) is 20.6. The second-order valence-electron chi connectivity index (χ2n) is 8.25. The number of benzene rings is 1. The molecule has 1 aromatic carbocycles. The number of anilines is 1. The van der Waals surface area contributed by atoms with Gasteiger partial charge in [0.15, 0.2) is 5.96 Å². The number of halogens is 1. The number of carbonyl (C=O) groups excluding carboxylic acids is 1. The highest BCUT2D eigenvalue weighted by atomic mass is 127. The van der Waals surface area contributed by atoms with E-state index in [-0.39, 0.29) is 35.9 Å². The number of esters is 1. The van der Waals surface area contributed by atoms with E-state index < -0.39 is 0 Å². The van der Waals surface area contributed by atoms with E-state index in [2.05, 4.69) is 51.3 Å². The maximum Gasteiger partial charge on any atom is 0.309 e. The summed E-state index contributed by atoms with van der Waals surface area (Å²) in [5.74, 6) is 1.72. The lowest BCUT2D eigenvalue weighted by Crippen LogP contribution is -2.46. The number of nitrogens with one attached hydrogen (secondary N) is 1. The molecule has 2 aliphatic rings. The molecule has 1 N–H and O–H groups in total. The molecule has 168 valence electrons. The quantitative estimate of drug-likeness (QED) is 0.272. The molecule has 2 saturated heterocycles. The number of likely N-dealkylation sites (tertiary alicyclic amines) is 1. The van der Waals surface area contributed by atoms with Gasteiger partial charge in [0.25, 0.3) is 0 Å². The summed E-state index contributed by atoms with van der Waals surface area (Å²) in [6, 6.07) is 8.89. The molecule has 0 saturated carbocycles. The number of hydrogen-bond acceptors (Lipinski definition) is 4. The minimum atomic E-state index is -0.0571. The first-order valence-electron chi connectivity index (χ1n) is 11.1. The van der Waals surface area contributed by atoms with Crippen molar-refractivity contribution in [2.75, 3.05) is 44.7 Å². The van der Waals surface area contributed by atoms with Gasteiger partial charge in [0, 0.05) is 45.5 Å². The number of ether oxygens (including phenoxy) is 1. The third-order valence-corrected chi connectivity index (χ3v) is 6.16. The molecule has 0 amide bonds. The summed E-state index contributed by atoms with van der Waals surface area (Å²) < 4.78 is 5.16. The summed E-state index contributed by atoms with van der Waals surface area (Å²) in [5, 5.41) is 3.48. The minimum Gasteiger partial charge on any atom is -0.466 e. The Labute approximate surface area is 198 Å². The fraction of sp³-hybridized carbons (Fsp3) is 0.652. The summed E-state index contributed by atoms with van der Waals surface area (Å²) in [6.45, 7) is 9.39. The van der Waals surface area contributed by atoms with Gasteiger partial charge in [-0.3, -0.25) is 9.79 Å². The van der Waals surface area contributed by atoms with Gasteiger partial charge in [0.1, 0.15) is 0 Å². The normalized spacial score (nSPS) is 18.7. The van der Waals surface area contributed by atoms with E-state index in [0.717, 1.165) is 57.4 Å². The van der Waals surface area contributed by atoms with Crippen molar-refractivity contribution in [2.45, 2.75) is 46.1 Å². The smallest absolute Gasteiger partial charge is 0.309 e. The van der Waals surface area contributed by atoms with Crippen LogP contribution in [0.5, 0.6) is 0 Å². The van der Waals surface area contributed by atoms with Crippen molar-refractivity contribution in [3.05, 3.63) is 29.8 Å². The largest absolute Gasteiger partial charge is 0.466 e. The molecule has 7 heteroatoms. The van der Waals surface area contributed by atoms with Crippen LogP contribution in [0, 0.1) is 11.8 Å². The van der Waals surface area contributed by atoms with Gasteiger partial charge in [0.2, 0.25) is 0 Å². The third kappa shape index (κ3) is 6.75. The van der Waals surface area contributed by atoms with Crippen LogP contribution >= 0.6 is 24.0 Å². The Morgan fingerprint density at radius 3 is 2.30 bits per heavy atom. The molecule has 0 spiro atoms. The van der Waals surface area contributed by atoms with Crippen LogP contribution in [0.25, 0.3) is 0 Å². The highest BCUT2D eigenvalue weighted by Crippen LogP contribution is 2.23. The Hall–Kier alpha value is -1.51. The fourth-order valence-electron chi connectivity index (χ4n) is 4.19. The summed E-state index contributed by atoms with van der Waals surface area (Å²) >= 11 is 0. The summed E-state index contributed by atoms with van der Waals surface area (Å²) in [4.78, 5) is 21.1. The fourth-order valence-corrected chi connectivity index (χ4v) is 4.19. The maximum absolute atomic E-state index is 11.9. The molecule has 0 radical (unpaired) electrons. The van der Waals surface area contributed by atoms with Crippen LogP contribution in [0.3, 0.4) is 0 Å². The van der Waals surface area contributed by atoms with E-state index in [4.69, 9.17) is 4.74 Å². The van der Waals surface area contributed by atoms with E-state index in [0.29, 0.717) is 6.61 Å². The van der Waals surface area contributed by atoms with Gasteiger partial charge in [0.05, 0.1) is 12.5 Å². The van der Waals surface area contributed by atoms with Gasteiger partial charge in [-0.15, -0.1) is 24.0 Å². The lowest BCUT2D eigenvalue weighted by Gasteiger charge is -2.33. The predicted octanol–water partition coefficient (Wildman–Crippen LogP) is 3.89. The molecule has 3 rings (SSSR count). The predicted molar refractivity (Wildman–Crippen MR) is 134 cm³/mol. The number of aliphatic imine (C=N–C) groups is 1. The molecule has 0 bridgehead atoms. The second kappa shape index (κ2) is 12.4. The van der Waals surface area contributed by atoms with Crippen molar-refractivity contribution in [1.29, 1.82) is 0 Å². The van der Waals surface area contributed by atoms with E-state index >= 15 is 0 Å². The van der Waals surface area contributed by atoms with Crippen molar-refractivity contribution in [3.63, 3.8) is 0 Å². The Morgan fingerprint density at radius 2 is 1.73 bits per heavy atom. The number of hydrogen-bond donors (Lipinski definition) is 1. The highest BCUT2D eigenvalue weighted by Gasteiger charge is 2.27. The van der Waals surface area contributed by atoms with Crippen LogP contribution in [0.4, 0.5) is 5.69 Å². The maximum atomic E-state index is 11.9. The van der Waals surface area contributed by atoms with Crippen LogP contribution in [-0.4, -0.2) is 56.7 Å². The van der Waals surface area contributed by atoms with Crippen LogP contribution < -0.4 is 10.2 Å². The molecule has 0 unspecified atom stereocenters. The van der Waals surface area contributed by atoms with Gasteiger partial charge in [-0.25, -0.2) is 0 Å². The molecule has 0 atom stereocenters.